The van der Waals surface area contributed by atoms with Gasteiger partial charge in [0.05, 0.1) is 0 Å². The number of nitrogens with one attached hydrogen (secondary N) is 2. The van der Waals surface area contributed by atoms with Crippen LogP contribution < -0.4 is 15.5 Å². The van der Waals surface area contributed by atoms with Gasteiger partial charge in [0.15, 0.2) is 0 Å². The van der Waals surface area contributed by atoms with E-state index in [2.05, 4.69) is 58.2 Å². The predicted molar refractivity (Wildman–Crippen MR) is 78.7 cm³/mol. The van der Waals surface area contributed by atoms with Crippen LogP contribution in [0.1, 0.15) is 34.1 Å². The molecule has 0 spiro atoms. The molecule has 1 aromatic rings. The summed E-state index contributed by atoms with van der Waals surface area (Å²) in [4.78, 5) is 15.4. The Hall–Kier alpha value is -1.59. The van der Waals surface area contributed by atoms with Gasteiger partial charge in [-0.15, -0.1) is 0 Å². The lowest BCUT2D eigenvalue weighted by Gasteiger charge is -2.19. The molecule has 0 saturated heterocycles. The van der Waals surface area contributed by atoms with Crippen molar-refractivity contribution >= 4 is 17.8 Å². The van der Waals surface area contributed by atoms with E-state index < -0.39 is 0 Å². The zero-order valence-electron chi connectivity index (χ0n) is 12.5. The van der Waals surface area contributed by atoms with Crippen molar-refractivity contribution in [3.8, 4) is 0 Å². The summed E-state index contributed by atoms with van der Waals surface area (Å²) in [7, 11) is 1.83. The molecule has 0 radical (unpaired) electrons. The lowest BCUT2D eigenvalue weighted by atomic mass is 10.2. The summed E-state index contributed by atoms with van der Waals surface area (Å²) >= 11 is 0. The Balaban J connectivity index is 2.20. The summed E-state index contributed by atoms with van der Waals surface area (Å²) in [6.45, 7) is 10.5. The molecule has 6 nitrogen and oxygen atoms in total. The molecule has 106 valence electrons. The Morgan fingerprint density at radius 2 is 1.74 bits per heavy atom. The second-order valence-electron chi connectivity index (χ2n) is 5.59. The molecular formula is C13H24N6. The first-order valence-electron chi connectivity index (χ1n) is 6.95. The molecule has 0 bridgehead atoms. The Bertz CT molecular complexity index is 441. The fourth-order valence-electron chi connectivity index (χ4n) is 2.06. The molecular weight excluding hydrogens is 240 g/mol. The van der Waals surface area contributed by atoms with E-state index in [0.29, 0.717) is 23.4 Å². The Kier molecular flexibility index (Phi) is 3.78. The number of aromatic nitrogens is 3. The van der Waals surface area contributed by atoms with Crippen LogP contribution in [0.3, 0.4) is 0 Å². The van der Waals surface area contributed by atoms with Crippen LogP contribution in [0.4, 0.5) is 17.8 Å². The van der Waals surface area contributed by atoms with E-state index >= 15 is 0 Å². The molecule has 1 aliphatic rings. The van der Waals surface area contributed by atoms with Gasteiger partial charge in [0, 0.05) is 26.2 Å². The smallest absolute Gasteiger partial charge is 0.231 e. The topological polar surface area (TPSA) is 66.0 Å². The summed E-state index contributed by atoms with van der Waals surface area (Å²) in [5, 5.41) is 6.39. The lowest BCUT2D eigenvalue weighted by molar-refractivity contribution is 0.628. The Labute approximate surface area is 115 Å². The second-order valence-corrected chi connectivity index (χ2v) is 5.59. The fraction of sp³-hybridized carbons (Fsp3) is 0.769. The zero-order chi connectivity index (χ0) is 14.0. The maximum Gasteiger partial charge on any atom is 0.231 e. The Morgan fingerprint density at radius 3 is 2.21 bits per heavy atom. The minimum atomic E-state index is 0.349. The molecule has 1 aromatic heterocycles. The number of nitrogens with zero attached hydrogens (tertiary/aromatic N) is 4. The van der Waals surface area contributed by atoms with Crippen LogP contribution in [0.15, 0.2) is 0 Å². The van der Waals surface area contributed by atoms with Crippen molar-refractivity contribution in [3.63, 3.8) is 0 Å². The van der Waals surface area contributed by atoms with E-state index in [1.165, 1.54) is 0 Å². The van der Waals surface area contributed by atoms with Crippen molar-refractivity contribution < 1.29 is 0 Å². The van der Waals surface area contributed by atoms with Crippen molar-refractivity contribution in [1.29, 1.82) is 0 Å². The standard InChI is InChI=1S/C13H24N6/c1-6-19(7-2)12-17-10(14-5)16-11(18-12)15-9-8-13(9,3)4/h9H,6-8H2,1-5H3,(H2,14,15,16,17,18). The van der Waals surface area contributed by atoms with Gasteiger partial charge in [-0.3, -0.25) is 0 Å². The molecule has 2 rings (SSSR count). The van der Waals surface area contributed by atoms with E-state index in [9.17, 15) is 0 Å². The van der Waals surface area contributed by atoms with Crippen molar-refractivity contribution in [2.75, 3.05) is 35.7 Å². The van der Waals surface area contributed by atoms with Gasteiger partial charge in [-0.25, -0.2) is 0 Å². The summed E-state index contributed by atoms with van der Waals surface area (Å²) < 4.78 is 0. The van der Waals surface area contributed by atoms with Crippen molar-refractivity contribution in [2.45, 2.75) is 40.2 Å². The normalized spacial score (nSPS) is 19.9. The zero-order valence-corrected chi connectivity index (χ0v) is 12.5. The van der Waals surface area contributed by atoms with E-state index in [1.807, 2.05) is 7.05 Å². The van der Waals surface area contributed by atoms with Gasteiger partial charge in [0.1, 0.15) is 0 Å². The third kappa shape index (κ3) is 3.05. The highest BCUT2D eigenvalue weighted by Gasteiger charge is 2.46. The van der Waals surface area contributed by atoms with Gasteiger partial charge < -0.3 is 15.5 Å². The maximum atomic E-state index is 4.52. The highest BCUT2D eigenvalue weighted by atomic mass is 15.3. The SMILES string of the molecule is CCN(CC)c1nc(NC)nc(NC2CC2(C)C)n1. The van der Waals surface area contributed by atoms with Crippen molar-refractivity contribution in [2.24, 2.45) is 5.41 Å². The summed E-state index contributed by atoms with van der Waals surface area (Å²) in [5.74, 6) is 2.00. The molecule has 1 heterocycles. The number of hydrogen-bond donors (Lipinski definition) is 2. The largest absolute Gasteiger partial charge is 0.357 e. The monoisotopic (exact) mass is 264 g/mol. The van der Waals surface area contributed by atoms with Crippen LogP contribution in [0, 0.1) is 5.41 Å². The summed E-state index contributed by atoms with van der Waals surface area (Å²) in [5.41, 5.74) is 0.349. The molecule has 0 amide bonds. The van der Waals surface area contributed by atoms with Crippen LogP contribution in [-0.4, -0.2) is 41.1 Å². The highest BCUT2D eigenvalue weighted by Crippen LogP contribution is 2.46. The molecule has 1 saturated carbocycles. The fourth-order valence-corrected chi connectivity index (χ4v) is 2.06. The van der Waals surface area contributed by atoms with Crippen molar-refractivity contribution in [1.82, 2.24) is 15.0 Å². The van der Waals surface area contributed by atoms with Crippen LogP contribution >= 0.6 is 0 Å². The van der Waals surface area contributed by atoms with Gasteiger partial charge in [-0.2, -0.15) is 15.0 Å². The maximum absolute atomic E-state index is 4.52. The van der Waals surface area contributed by atoms with Crippen molar-refractivity contribution in [3.05, 3.63) is 0 Å². The molecule has 1 unspecified atom stereocenters. The minimum absolute atomic E-state index is 0.349. The van der Waals surface area contributed by atoms with Crippen LogP contribution in [-0.2, 0) is 0 Å². The van der Waals surface area contributed by atoms with E-state index in [0.717, 1.165) is 25.5 Å². The molecule has 6 heteroatoms. The predicted octanol–water partition coefficient (Wildman–Crippen LogP) is 1.97. The Morgan fingerprint density at radius 1 is 1.16 bits per heavy atom. The molecule has 1 aliphatic carbocycles. The first-order chi connectivity index (χ1) is 9.00. The number of hydrogen-bond acceptors (Lipinski definition) is 6. The van der Waals surface area contributed by atoms with Gasteiger partial charge in [0.2, 0.25) is 17.8 Å². The quantitative estimate of drug-likeness (QED) is 0.819. The third-order valence-electron chi connectivity index (χ3n) is 3.71. The summed E-state index contributed by atoms with van der Waals surface area (Å²) in [6.07, 6.45) is 1.16. The molecule has 1 fully saturated rings. The van der Waals surface area contributed by atoms with E-state index in [-0.39, 0.29) is 0 Å². The van der Waals surface area contributed by atoms with Crippen LogP contribution in [0.2, 0.25) is 0 Å². The van der Waals surface area contributed by atoms with Crippen LogP contribution in [0.5, 0.6) is 0 Å². The number of rotatable bonds is 6. The van der Waals surface area contributed by atoms with E-state index in [1.54, 1.807) is 0 Å². The second kappa shape index (κ2) is 5.19. The van der Waals surface area contributed by atoms with Gasteiger partial charge in [-0.1, -0.05) is 13.8 Å². The van der Waals surface area contributed by atoms with Crippen LogP contribution in [0.25, 0.3) is 0 Å². The minimum Gasteiger partial charge on any atom is -0.357 e. The van der Waals surface area contributed by atoms with Gasteiger partial charge in [-0.05, 0) is 25.7 Å². The number of anilines is 3. The molecule has 0 aromatic carbocycles. The van der Waals surface area contributed by atoms with Gasteiger partial charge >= 0.3 is 0 Å². The highest BCUT2D eigenvalue weighted by molar-refractivity contribution is 5.45. The molecule has 19 heavy (non-hydrogen) atoms. The lowest BCUT2D eigenvalue weighted by Crippen LogP contribution is -2.25. The first kappa shape index (κ1) is 13.8. The first-order valence-corrected chi connectivity index (χ1v) is 6.95. The molecule has 0 aliphatic heterocycles. The van der Waals surface area contributed by atoms with E-state index in [4.69, 9.17) is 0 Å². The average Bonchev–Trinajstić information content (AvgIpc) is 2.97. The molecule has 2 N–H and O–H groups in total. The molecule has 1 atom stereocenters. The third-order valence-corrected chi connectivity index (χ3v) is 3.71. The average molecular weight is 264 g/mol. The van der Waals surface area contributed by atoms with Gasteiger partial charge in [0.25, 0.3) is 0 Å². The summed E-state index contributed by atoms with van der Waals surface area (Å²) in [6, 6.07) is 0.462.